The molecule has 4 heteroatoms. The van der Waals surface area contributed by atoms with E-state index in [2.05, 4.69) is 216 Å². The molecule has 4 N–H and O–H groups in total. The van der Waals surface area contributed by atoms with Crippen molar-refractivity contribution in [3.8, 4) is 11.1 Å². The number of nitrogens with two attached hydrogens (primary N) is 2. The Morgan fingerprint density at radius 2 is 0.649 bits per heavy atom. The Morgan fingerprint density at radius 3 is 1.00 bits per heavy atom. The van der Waals surface area contributed by atoms with Crippen LogP contribution in [0.5, 0.6) is 0 Å². The molecule has 0 unspecified atom stereocenters. The summed E-state index contributed by atoms with van der Waals surface area (Å²) in [5, 5.41) is 0. The van der Waals surface area contributed by atoms with E-state index in [1.807, 2.05) is 0 Å². The lowest BCUT2D eigenvalue weighted by molar-refractivity contribution is 0.768. The molecule has 0 amide bonds. The Morgan fingerprint density at radius 1 is 0.333 bits per heavy atom. The maximum atomic E-state index is 5.93. The van der Waals surface area contributed by atoms with Gasteiger partial charge in [-0.1, -0.05) is 133 Å². The van der Waals surface area contributed by atoms with Crippen molar-refractivity contribution in [2.75, 3.05) is 22.9 Å². The van der Waals surface area contributed by atoms with Gasteiger partial charge in [-0.25, -0.2) is 0 Å². The van der Waals surface area contributed by atoms with Gasteiger partial charge < -0.3 is 21.3 Å². The second-order valence-electron chi connectivity index (χ2n) is 14.7. The molecule has 0 aliphatic heterocycles. The highest BCUT2D eigenvalue weighted by Gasteiger charge is 2.47. The van der Waals surface area contributed by atoms with Gasteiger partial charge in [0.2, 0.25) is 0 Å². The fourth-order valence-corrected chi connectivity index (χ4v) is 8.75. The molecule has 0 spiro atoms. The van der Waals surface area contributed by atoms with Crippen LogP contribution in [0.1, 0.15) is 33.4 Å². The van der Waals surface area contributed by atoms with Crippen molar-refractivity contribution in [3.63, 3.8) is 0 Å². The van der Waals surface area contributed by atoms with Crippen LogP contribution in [0, 0.1) is 0 Å². The van der Waals surface area contributed by atoms with E-state index in [1.54, 1.807) is 0 Å². The van der Waals surface area contributed by atoms with Gasteiger partial charge in [-0.15, -0.1) is 0 Å². The molecule has 1 aliphatic rings. The smallest absolute Gasteiger partial charge is 0.0715 e. The predicted octanol–water partition coefficient (Wildman–Crippen LogP) is 12.0. The number of rotatable bonds is 12. The molecule has 0 saturated carbocycles. The molecule has 278 valence electrons. The molecule has 0 aromatic heterocycles. The number of nitrogens with zero attached hydrogens (tertiary/aromatic N) is 2. The molecule has 4 nitrogen and oxygen atoms in total. The van der Waals surface area contributed by atoms with Crippen LogP contribution in [0.25, 0.3) is 11.1 Å². The van der Waals surface area contributed by atoms with E-state index in [0.717, 1.165) is 47.0 Å². The highest BCUT2D eigenvalue weighted by molar-refractivity contribution is 5.91. The molecule has 9 rings (SSSR count). The van der Waals surface area contributed by atoms with Gasteiger partial charge in [0, 0.05) is 34.1 Å². The summed E-state index contributed by atoms with van der Waals surface area (Å²) in [5.74, 6) is 0. The monoisotopic (exact) mass is 738 g/mol. The van der Waals surface area contributed by atoms with Gasteiger partial charge in [0.1, 0.15) is 0 Å². The lowest BCUT2D eigenvalue weighted by Crippen LogP contribution is -2.29. The summed E-state index contributed by atoms with van der Waals surface area (Å²) < 4.78 is 0. The summed E-state index contributed by atoms with van der Waals surface area (Å²) in [5.41, 5.74) is 27.7. The summed E-state index contributed by atoms with van der Waals surface area (Å²) in [6, 6.07) is 75.2. The minimum absolute atomic E-state index is 0.611. The van der Waals surface area contributed by atoms with Crippen molar-refractivity contribution in [3.05, 3.63) is 240 Å². The Bertz CT molecular complexity index is 2390. The summed E-state index contributed by atoms with van der Waals surface area (Å²) in [4.78, 5) is 4.74. The highest BCUT2D eigenvalue weighted by Crippen LogP contribution is 2.58. The van der Waals surface area contributed by atoms with Crippen LogP contribution in [0.3, 0.4) is 0 Å². The Kier molecular flexibility index (Phi) is 9.96. The average molecular weight is 739 g/mol. The Hall–Kier alpha value is -6.72. The standard InChI is InChI=1S/C53H46N4/c54-35-33-39-21-25-45(26-22-39)56(43-17-9-3-10-18-43)47-29-31-49-50-32-30-48(57(44-19-11-4-12-20-44)46-27-23-40(24-28-46)34-36-55)38-52(50)53(51(49)37-47,41-13-5-1-6-14-41)42-15-7-2-8-16-42/h1-32,37-38H,33-36,54-55H2. The average Bonchev–Trinajstić information content (AvgIpc) is 3.56. The summed E-state index contributed by atoms with van der Waals surface area (Å²) >= 11 is 0. The lowest BCUT2D eigenvalue weighted by Gasteiger charge is -2.35. The van der Waals surface area contributed by atoms with Crippen molar-refractivity contribution in [1.29, 1.82) is 0 Å². The topological polar surface area (TPSA) is 58.5 Å². The largest absolute Gasteiger partial charge is 0.330 e. The fourth-order valence-electron chi connectivity index (χ4n) is 8.75. The molecule has 0 saturated heterocycles. The maximum absolute atomic E-state index is 5.93. The Labute approximate surface area is 336 Å². The first-order valence-electron chi connectivity index (χ1n) is 19.9. The van der Waals surface area contributed by atoms with E-state index >= 15 is 0 Å². The molecule has 0 fully saturated rings. The van der Waals surface area contributed by atoms with Gasteiger partial charge in [-0.3, -0.25) is 0 Å². The van der Waals surface area contributed by atoms with Crippen LogP contribution in [-0.2, 0) is 18.3 Å². The SMILES string of the molecule is NCCc1ccc(N(c2ccccc2)c2ccc3c(c2)C(c2ccccc2)(c2ccccc2)c2cc(N(c4ccccc4)c4ccc(CCN)cc4)ccc2-3)cc1. The molecule has 0 atom stereocenters. The summed E-state index contributed by atoms with van der Waals surface area (Å²) in [6.07, 6.45) is 1.70. The number of fused-ring (bicyclic) bond motifs is 3. The van der Waals surface area contributed by atoms with Crippen LogP contribution in [0.2, 0.25) is 0 Å². The van der Waals surface area contributed by atoms with Crippen molar-refractivity contribution >= 4 is 34.1 Å². The van der Waals surface area contributed by atoms with Gasteiger partial charge in [-0.2, -0.15) is 0 Å². The maximum Gasteiger partial charge on any atom is 0.0715 e. The number of hydrogen-bond donors (Lipinski definition) is 2. The van der Waals surface area contributed by atoms with E-state index in [0.29, 0.717) is 13.1 Å². The van der Waals surface area contributed by atoms with Gasteiger partial charge in [0.15, 0.2) is 0 Å². The van der Waals surface area contributed by atoms with E-state index in [4.69, 9.17) is 11.5 Å². The predicted molar refractivity (Wildman–Crippen MR) is 239 cm³/mol. The van der Waals surface area contributed by atoms with Crippen LogP contribution in [0.4, 0.5) is 34.1 Å². The third-order valence-electron chi connectivity index (χ3n) is 11.3. The van der Waals surface area contributed by atoms with Crippen LogP contribution in [0.15, 0.2) is 206 Å². The second-order valence-corrected chi connectivity index (χ2v) is 14.7. The molecule has 0 bridgehead atoms. The molecular weight excluding hydrogens is 693 g/mol. The van der Waals surface area contributed by atoms with Gasteiger partial charge in [0.05, 0.1) is 5.41 Å². The molecule has 8 aromatic rings. The zero-order valence-corrected chi connectivity index (χ0v) is 32.0. The van der Waals surface area contributed by atoms with Gasteiger partial charge >= 0.3 is 0 Å². The van der Waals surface area contributed by atoms with E-state index < -0.39 is 5.41 Å². The van der Waals surface area contributed by atoms with Gasteiger partial charge in [0.25, 0.3) is 0 Å². The molecule has 8 aromatic carbocycles. The van der Waals surface area contributed by atoms with Crippen molar-refractivity contribution in [2.45, 2.75) is 18.3 Å². The van der Waals surface area contributed by atoms with E-state index in [-0.39, 0.29) is 0 Å². The molecule has 0 heterocycles. The van der Waals surface area contributed by atoms with Gasteiger partial charge in [-0.05, 0) is 143 Å². The van der Waals surface area contributed by atoms with Crippen molar-refractivity contribution in [2.24, 2.45) is 11.5 Å². The van der Waals surface area contributed by atoms with E-state index in [1.165, 1.54) is 44.5 Å². The third-order valence-corrected chi connectivity index (χ3v) is 11.3. The zero-order valence-electron chi connectivity index (χ0n) is 32.0. The summed E-state index contributed by atoms with van der Waals surface area (Å²) in [6.45, 7) is 1.25. The highest BCUT2D eigenvalue weighted by atomic mass is 15.1. The lowest BCUT2D eigenvalue weighted by atomic mass is 9.67. The molecule has 0 radical (unpaired) electrons. The first kappa shape index (κ1) is 35.9. The fraction of sp³-hybridized carbons (Fsp3) is 0.0943. The van der Waals surface area contributed by atoms with Crippen LogP contribution < -0.4 is 21.3 Å². The number of para-hydroxylation sites is 2. The van der Waals surface area contributed by atoms with Crippen molar-refractivity contribution < 1.29 is 0 Å². The zero-order chi connectivity index (χ0) is 38.6. The molecule has 1 aliphatic carbocycles. The minimum Gasteiger partial charge on any atom is -0.330 e. The summed E-state index contributed by atoms with van der Waals surface area (Å²) in [7, 11) is 0. The number of hydrogen-bond acceptors (Lipinski definition) is 4. The quantitative estimate of drug-likeness (QED) is 0.131. The first-order chi connectivity index (χ1) is 28.2. The van der Waals surface area contributed by atoms with Crippen LogP contribution >= 0.6 is 0 Å². The Balaban J connectivity index is 1.29. The second kappa shape index (κ2) is 15.8. The minimum atomic E-state index is -0.611. The molecule has 57 heavy (non-hydrogen) atoms. The van der Waals surface area contributed by atoms with Crippen LogP contribution in [-0.4, -0.2) is 13.1 Å². The normalized spacial score (nSPS) is 12.5. The number of benzene rings is 8. The molecular formula is C53H46N4. The van der Waals surface area contributed by atoms with E-state index in [9.17, 15) is 0 Å². The first-order valence-corrected chi connectivity index (χ1v) is 19.9. The van der Waals surface area contributed by atoms with Crippen molar-refractivity contribution in [1.82, 2.24) is 0 Å². The third kappa shape index (κ3) is 6.59. The number of anilines is 6.